The fraction of sp³-hybridized carbons (Fsp3) is 0.120. The van der Waals surface area contributed by atoms with Gasteiger partial charge in [0.25, 0.3) is 11.7 Å². The number of rotatable bonds is 4. The van der Waals surface area contributed by atoms with E-state index in [-0.39, 0.29) is 32.7 Å². The van der Waals surface area contributed by atoms with Crippen molar-refractivity contribution in [1.29, 1.82) is 0 Å². The number of nitrogens with zero attached hydrogens (tertiary/aromatic N) is 1. The van der Waals surface area contributed by atoms with E-state index >= 15 is 0 Å². The number of Topliss-reactive ketones (excluding diaryl/α,β-unsaturated/α-hetero) is 1. The highest BCUT2D eigenvalue weighted by Crippen LogP contribution is 2.43. The van der Waals surface area contributed by atoms with E-state index in [4.69, 9.17) is 27.9 Å². The Kier molecular flexibility index (Phi) is 5.96. The molecule has 0 saturated carbocycles. The average molecular weight is 468 g/mol. The zero-order valence-electron chi connectivity index (χ0n) is 17.3. The second kappa shape index (κ2) is 8.69. The normalized spacial score (nSPS) is 17.6. The molecular formula is C25H19Cl2NO4. The minimum atomic E-state index is -0.822. The number of aliphatic hydroxyl groups is 1. The minimum Gasteiger partial charge on any atom is -0.507 e. The molecule has 3 aromatic carbocycles. The van der Waals surface area contributed by atoms with Gasteiger partial charge in [0.1, 0.15) is 5.76 Å². The molecule has 0 radical (unpaired) electrons. The van der Waals surface area contributed by atoms with Gasteiger partial charge in [-0.05, 0) is 42.3 Å². The van der Waals surface area contributed by atoms with Crippen LogP contribution in [0.5, 0.6) is 5.75 Å². The van der Waals surface area contributed by atoms with Crippen molar-refractivity contribution >= 4 is 46.3 Å². The largest absolute Gasteiger partial charge is 0.507 e. The molecule has 1 aliphatic rings. The van der Waals surface area contributed by atoms with Crippen molar-refractivity contribution < 1.29 is 19.4 Å². The first-order chi connectivity index (χ1) is 15.3. The third-order valence-electron chi connectivity index (χ3n) is 5.32. The lowest BCUT2D eigenvalue weighted by molar-refractivity contribution is -0.132. The van der Waals surface area contributed by atoms with Crippen LogP contribution in [0.3, 0.4) is 0 Å². The zero-order valence-corrected chi connectivity index (χ0v) is 18.8. The lowest BCUT2D eigenvalue weighted by Crippen LogP contribution is -2.29. The van der Waals surface area contributed by atoms with Crippen LogP contribution in [0.1, 0.15) is 22.7 Å². The average Bonchev–Trinajstić information content (AvgIpc) is 3.04. The molecule has 1 N–H and O–H groups in total. The van der Waals surface area contributed by atoms with E-state index in [9.17, 15) is 14.7 Å². The molecule has 32 heavy (non-hydrogen) atoms. The van der Waals surface area contributed by atoms with Crippen molar-refractivity contribution in [2.45, 2.75) is 13.0 Å². The predicted octanol–water partition coefficient (Wildman–Crippen LogP) is 5.94. The molecule has 0 spiro atoms. The van der Waals surface area contributed by atoms with Crippen molar-refractivity contribution in [3.8, 4) is 5.75 Å². The number of anilines is 1. The summed E-state index contributed by atoms with van der Waals surface area (Å²) in [5, 5.41) is 11.5. The standard InChI is InChI=1S/C25H19Cl2NO4/c1-14-7-6-10-17(11-14)28-21(15-8-4-3-5-9-15)20(23(30)25(28)31)22(29)16-12-18(26)24(32-2)19(27)13-16/h3-13,21,29H,1-2H3/b22-20+. The summed E-state index contributed by atoms with van der Waals surface area (Å²) in [5.41, 5.74) is 2.35. The van der Waals surface area contributed by atoms with Crippen LogP contribution in [-0.4, -0.2) is 23.9 Å². The lowest BCUT2D eigenvalue weighted by atomic mass is 9.95. The maximum absolute atomic E-state index is 13.2. The SMILES string of the molecule is COc1c(Cl)cc(/C(O)=C2\C(=O)C(=O)N(c3cccc(C)c3)C2c2ccccc2)cc1Cl. The van der Waals surface area contributed by atoms with Gasteiger partial charge in [-0.1, -0.05) is 65.7 Å². The zero-order chi connectivity index (χ0) is 23.0. The maximum atomic E-state index is 13.2. The van der Waals surface area contributed by atoms with E-state index in [1.54, 1.807) is 18.2 Å². The van der Waals surface area contributed by atoms with Crippen molar-refractivity contribution in [2.75, 3.05) is 12.0 Å². The highest BCUT2D eigenvalue weighted by Gasteiger charge is 2.47. The van der Waals surface area contributed by atoms with Gasteiger partial charge < -0.3 is 9.84 Å². The highest BCUT2D eigenvalue weighted by atomic mass is 35.5. The van der Waals surface area contributed by atoms with Crippen LogP contribution in [0, 0.1) is 6.92 Å². The van der Waals surface area contributed by atoms with E-state index in [1.165, 1.54) is 24.1 Å². The fourth-order valence-electron chi connectivity index (χ4n) is 3.87. The smallest absolute Gasteiger partial charge is 0.300 e. The third-order valence-corrected chi connectivity index (χ3v) is 5.88. The number of benzene rings is 3. The first kappa shape index (κ1) is 21.9. The predicted molar refractivity (Wildman–Crippen MR) is 125 cm³/mol. The number of aliphatic hydroxyl groups excluding tert-OH is 1. The molecule has 5 nitrogen and oxygen atoms in total. The van der Waals surface area contributed by atoms with Gasteiger partial charge in [-0.25, -0.2) is 0 Å². The molecule has 1 amide bonds. The van der Waals surface area contributed by atoms with E-state index < -0.39 is 17.7 Å². The molecule has 1 aliphatic heterocycles. The summed E-state index contributed by atoms with van der Waals surface area (Å²) >= 11 is 12.5. The van der Waals surface area contributed by atoms with Gasteiger partial charge >= 0.3 is 0 Å². The Labute approximate surface area is 195 Å². The Morgan fingerprint density at radius 1 is 0.969 bits per heavy atom. The van der Waals surface area contributed by atoms with E-state index in [2.05, 4.69) is 0 Å². The molecule has 1 unspecified atom stereocenters. The van der Waals surface area contributed by atoms with Crippen LogP contribution in [0.4, 0.5) is 5.69 Å². The fourth-order valence-corrected chi connectivity index (χ4v) is 4.52. The quantitative estimate of drug-likeness (QED) is 0.293. The van der Waals surface area contributed by atoms with Gasteiger partial charge in [-0.15, -0.1) is 0 Å². The van der Waals surface area contributed by atoms with Crippen LogP contribution in [0.15, 0.2) is 72.3 Å². The lowest BCUT2D eigenvalue weighted by Gasteiger charge is -2.25. The number of carbonyl (C=O) groups excluding carboxylic acids is 2. The van der Waals surface area contributed by atoms with Crippen LogP contribution in [-0.2, 0) is 9.59 Å². The van der Waals surface area contributed by atoms with Gasteiger partial charge in [0.15, 0.2) is 5.75 Å². The third kappa shape index (κ3) is 3.74. The van der Waals surface area contributed by atoms with Gasteiger partial charge in [0.05, 0.1) is 28.8 Å². The van der Waals surface area contributed by atoms with Gasteiger partial charge in [0, 0.05) is 11.3 Å². The summed E-state index contributed by atoms with van der Waals surface area (Å²) in [6, 6.07) is 18.4. The number of ether oxygens (including phenoxy) is 1. The van der Waals surface area contributed by atoms with Gasteiger partial charge in [0.2, 0.25) is 0 Å². The maximum Gasteiger partial charge on any atom is 0.300 e. The Hall–Kier alpha value is -3.28. The number of carbonyl (C=O) groups is 2. The molecule has 1 saturated heterocycles. The van der Waals surface area contributed by atoms with Crippen LogP contribution in [0.2, 0.25) is 10.0 Å². The molecule has 162 valence electrons. The number of hydrogen-bond donors (Lipinski definition) is 1. The molecule has 3 aromatic rings. The number of halogens is 2. The van der Waals surface area contributed by atoms with Crippen LogP contribution >= 0.6 is 23.2 Å². The van der Waals surface area contributed by atoms with Gasteiger partial charge in [-0.3, -0.25) is 14.5 Å². The topological polar surface area (TPSA) is 66.8 Å². The molecule has 0 aromatic heterocycles. The monoisotopic (exact) mass is 467 g/mol. The summed E-state index contributed by atoms with van der Waals surface area (Å²) in [4.78, 5) is 27.7. The number of aryl methyl sites for hydroxylation is 1. The molecule has 7 heteroatoms. The number of amides is 1. The molecular weight excluding hydrogens is 449 g/mol. The number of methoxy groups -OCH3 is 1. The minimum absolute atomic E-state index is 0.0417. The molecule has 0 bridgehead atoms. The second-order valence-electron chi connectivity index (χ2n) is 7.39. The number of ketones is 1. The van der Waals surface area contributed by atoms with Crippen molar-refractivity contribution in [1.82, 2.24) is 0 Å². The Balaban J connectivity index is 1.96. The summed E-state index contributed by atoms with van der Waals surface area (Å²) in [6.45, 7) is 1.90. The van der Waals surface area contributed by atoms with Gasteiger partial charge in [-0.2, -0.15) is 0 Å². The van der Waals surface area contributed by atoms with Crippen molar-refractivity contribution in [3.63, 3.8) is 0 Å². The first-order valence-corrected chi connectivity index (χ1v) is 10.5. The Bertz CT molecular complexity index is 1230. The highest BCUT2D eigenvalue weighted by molar-refractivity contribution is 6.51. The summed E-state index contributed by atoms with van der Waals surface area (Å²) in [7, 11) is 1.43. The van der Waals surface area contributed by atoms with E-state index in [0.29, 0.717) is 11.3 Å². The molecule has 1 atom stereocenters. The number of hydrogen-bond acceptors (Lipinski definition) is 4. The van der Waals surface area contributed by atoms with Crippen LogP contribution in [0.25, 0.3) is 5.76 Å². The van der Waals surface area contributed by atoms with Crippen molar-refractivity contribution in [3.05, 3.63) is 99.0 Å². The molecule has 1 fully saturated rings. The Morgan fingerprint density at radius 2 is 1.62 bits per heavy atom. The van der Waals surface area contributed by atoms with Crippen molar-refractivity contribution in [2.24, 2.45) is 0 Å². The van der Waals surface area contributed by atoms with E-state index in [0.717, 1.165) is 5.56 Å². The summed E-state index contributed by atoms with van der Waals surface area (Å²) < 4.78 is 5.16. The van der Waals surface area contributed by atoms with E-state index in [1.807, 2.05) is 43.3 Å². The van der Waals surface area contributed by atoms with Crippen LogP contribution < -0.4 is 9.64 Å². The summed E-state index contributed by atoms with van der Waals surface area (Å²) in [5.74, 6) is -1.62. The Morgan fingerprint density at radius 3 is 2.22 bits per heavy atom. The molecule has 4 rings (SSSR count). The molecule has 0 aliphatic carbocycles. The summed E-state index contributed by atoms with van der Waals surface area (Å²) in [6.07, 6.45) is 0. The molecule has 1 heterocycles. The second-order valence-corrected chi connectivity index (χ2v) is 8.21. The first-order valence-electron chi connectivity index (χ1n) is 9.79.